The lowest BCUT2D eigenvalue weighted by atomic mass is 9.79. The lowest BCUT2D eigenvalue weighted by Crippen LogP contribution is -2.49. The summed E-state index contributed by atoms with van der Waals surface area (Å²) in [6, 6.07) is 4.14. The standard InChI is InChI=1S/C21H26FN3O4/c1-14(26)24-10-16-11-25(19(27)15-5-6-18(29-2)17(22)9-15)13-21(16,12-24)20(28)23-7-3-4-8-23/h5-6,9,16H,3-4,7-8,10-13H2,1-2H3/t16-,21-/m0/s1. The van der Waals surface area contributed by atoms with Gasteiger partial charge in [0.15, 0.2) is 11.6 Å². The van der Waals surface area contributed by atoms with Crippen LogP contribution in [0.4, 0.5) is 4.39 Å². The van der Waals surface area contributed by atoms with Crippen molar-refractivity contribution in [2.24, 2.45) is 11.3 Å². The van der Waals surface area contributed by atoms with E-state index < -0.39 is 11.2 Å². The molecule has 0 unspecified atom stereocenters. The number of likely N-dealkylation sites (tertiary alicyclic amines) is 3. The summed E-state index contributed by atoms with van der Waals surface area (Å²) in [4.78, 5) is 43.7. The van der Waals surface area contributed by atoms with Crippen molar-refractivity contribution in [3.8, 4) is 5.75 Å². The number of methoxy groups -OCH3 is 1. The molecule has 0 aliphatic carbocycles. The molecular weight excluding hydrogens is 377 g/mol. The number of benzene rings is 1. The van der Waals surface area contributed by atoms with Gasteiger partial charge in [0.1, 0.15) is 0 Å². The Balaban J connectivity index is 1.59. The lowest BCUT2D eigenvalue weighted by molar-refractivity contribution is -0.141. The minimum absolute atomic E-state index is 0.0416. The molecule has 3 amide bonds. The molecule has 0 N–H and O–H groups in total. The highest BCUT2D eigenvalue weighted by molar-refractivity contribution is 5.96. The Bertz CT molecular complexity index is 854. The summed E-state index contributed by atoms with van der Waals surface area (Å²) in [5, 5.41) is 0. The average molecular weight is 403 g/mol. The van der Waals surface area contributed by atoms with Crippen LogP contribution < -0.4 is 4.74 Å². The van der Waals surface area contributed by atoms with Crippen molar-refractivity contribution in [3.63, 3.8) is 0 Å². The lowest BCUT2D eigenvalue weighted by Gasteiger charge is -2.32. The van der Waals surface area contributed by atoms with Crippen molar-refractivity contribution in [3.05, 3.63) is 29.6 Å². The van der Waals surface area contributed by atoms with E-state index in [-0.39, 0.29) is 41.5 Å². The van der Waals surface area contributed by atoms with Crippen molar-refractivity contribution >= 4 is 17.7 Å². The molecule has 3 aliphatic rings. The second-order valence-corrected chi connectivity index (χ2v) is 8.29. The third kappa shape index (κ3) is 3.24. The summed E-state index contributed by atoms with van der Waals surface area (Å²) in [5.41, 5.74) is -0.535. The van der Waals surface area contributed by atoms with Gasteiger partial charge in [-0.15, -0.1) is 0 Å². The van der Waals surface area contributed by atoms with Crippen molar-refractivity contribution in [1.82, 2.24) is 14.7 Å². The van der Waals surface area contributed by atoms with Crippen molar-refractivity contribution in [1.29, 1.82) is 0 Å². The molecule has 0 radical (unpaired) electrons. The highest BCUT2D eigenvalue weighted by Gasteiger charge is 2.59. The molecule has 1 aromatic rings. The SMILES string of the molecule is COc1ccc(C(=O)N2C[C@@H]3CN(C(C)=O)C[C@]3(C(=O)N3CCCC3)C2)cc1F. The molecule has 0 aromatic heterocycles. The van der Waals surface area contributed by atoms with E-state index in [2.05, 4.69) is 0 Å². The zero-order valence-corrected chi connectivity index (χ0v) is 16.8. The van der Waals surface area contributed by atoms with Gasteiger partial charge in [0, 0.05) is 57.7 Å². The van der Waals surface area contributed by atoms with Crippen molar-refractivity contribution in [2.45, 2.75) is 19.8 Å². The first-order chi connectivity index (χ1) is 13.9. The molecule has 1 aromatic carbocycles. The van der Waals surface area contributed by atoms with Gasteiger partial charge in [0.25, 0.3) is 5.91 Å². The third-order valence-electron chi connectivity index (χ3n) is 6.56. The summed E-state index contributed by atoms with van der Waals surface area (Å²) < 4.78 is 19.0. The first kappa shape index (κ1) is 19.7. The Kier molecular flexibility index (Phi) is 4.96. The van der Waals surface area contributed by atoms with Crippen LogP contribution in [-0.4, -0.2) is 78.8 Å². The Morgan fingerprint density at radius 3 is 2.34 bits per heavy atom. The number of ether oxygens (including phenoxy) is 1. The third-order valence-corrected chi connectivity index (χ3v) is 6.56. The molecule has 2 atom stereocenters. The van der Waals surface area contributed by atoms with Gasteiger partial charge in [0.2, 0.25) is 11.8 Å². The highest BCUT2D eigenvalue weighted by Crippen LogP contribution is 2.45. The number of nitrogens with zero attached hydrogens (tertiary/aromatic N) is 3. The molecule has 7 nitrogen and oxygen atoms in total. The molecule has 3 saturated heterocycles. The van der Waals surface area contributed by atoms with Crippen LogP contribution in [0.15, 0.2) is 18.2 Å². The van der Waals surface area contributed by atoms with Crippen molar-refractivity contribution in [2.75, 3.05) is 46.4 Å². The van der Waals surface area contributed by atoms with E-state index in [1.807, 2.05) is 4.90 Å². The molecule has 0 spiro atoms. The van der Waals surface area contributed by atoms with Crippen LogP contribution in [0, 0.1) is 17.2 Å². The van der Waals surface area contributed by atoms with E-state index in [9.17, 15) is 18.8 Å². The van der Waals surface area contributed by atoms with Gasteiger partial charge in [-0.05, 0) is 31.0 Å². The van der Waals surface area contributed by atoms with E-state index in [4.69, 9.17) is 4.74 Å². The first-order valence-electron chi connectivity index (χ1n) is 10.0. The normalized spacial score (nSPS) is 26.0. The summed E-state index contributed by atoms with van der Waals surface area (Å²) in [6.45, 7) is 4.41. The van der Waals surface area contributed by atoms with E-state index >= 15 is 0 Å². The van der Waals surface area contributed by atoms with Crippen molar-refractivity contribution < 1.29 is 23.5 Å². The van der Waals surface area contributed by atoms with E-state index in [1.165, 1.54) is 32.2 Å². The monoisotopic (exact) mass is 403 g/mol. The van der Waals surface area contributed by atoms with Gasteiger partial charge < -0.3 is 19.4 Å². The number of hydrogen-bond acceptors (Lipinski definition) is 4. The minimum Gasteiger partial charge on any atom is -0.494 e. The second-order valence-electron chi connectivity index (χ2n) is 8.29. The van der Waals surface area contributed by atoms with Crippen LogP contribution in [0.3, 0.4) is 0 Å². The van der Waals surface area contributed by atoms with E-state index in [1.54, 1.807) is 9.80 Å². The van der Waals surface area contributed by atoms with Gasteiger partial charge in [0.05, 0.1) is 12.5 Å². The van der Waals surface area contributed by atoms with Gasteiger partial charge in [-0.25, -0.2) is 4.39 Å². The second kappa shape index (κ2) is 7.31. The number of hydrogen-bond donors (Lipinski definition) is 0. The van der Waals surface area contributed by atoms with Crippen LogP contribution >= 0.6 is 0 Å². The largest absolute Gasteiger partial charge is 0.494 e. The van der Waals surface area contributed by atoms with Crippen LogP contribution in [0.25, 0.3) is 0 Å². The molecule has 4 rings (SSSR count). The maximum Gasteiger partial charge on any atom is 0.254 e. The number of carbonyl (C=O) groups is 3. The fourth-order valence-electron chi connectivity index (χ4n) is 4.98. The Labute approximate surface area is 169 Å². The summed E-state index contributed by atoms with van der Waals surface area (Å²) >= 11 is 0. The van der Waals surface area contributed by atoms with Crippen LogP contribution in [0.1, 0.15) is 30.1 Å². The molecule has 29 heavy (non-hydrogen) atoms. The fraction of sp³-hybridized carbons (Fsp3) is 0.571. The zero-order chi connectivity index (χ0) is 20.8. The molecule has 3 fully saturated rings. The summed E-state index contributed by atoms with van der Waals surface area (Å²) in [5.74, 6) is -0.931. The molecule has 0 bridgehead atoms. The molecule has 3 aliphatic heterocycles. The minimum atomic E-state index is -0.767. The molecule has 8 heteroatoms. The van der Waals surface area contributed by atoms with Crippen LogP contribution in [-0.2, 0) is 9.59 Å². The number of amides is 3. The van der Waals surface area contributed by atoms with Crippen LogP contribution in [0.2, 0.25) is 0 Å². The van der Waals surface area contributed by atoms with Crippen LogP contribution in [0.5, 0.6) is 5.75 Å². The number of carbonyl (C=O) groups excluding carboxylic acids is 3. The Hall–Kier alpha value is -2.64. The number of rotatable bonds is 3. The Morgan fingerprint density at radius 1 is 1.07 bits per heavy atom. The topological polar surface area (TPSA) is 70.2 Å². The van der Waals surface area contributed by atoms with Gasteiger partial charge in [-0.2, -0.15) is 0 Å². The van der Waals surface area contributed by atoms with E-state index in [0.717, 1.165) is 25.9 Å². The highest BCUT2D eigenvalue weighted by atomic mass is 19.1. The first-order valence-corrected chi connectivity index (χ1v) is 10.0. The van der Waals surface area contributed by atoms with Gasteiger partial charge in [-0.1, -0.05) is 0 Å². The molecule has 156 valence electrons. The average Bonchev–Trinajstić information content (AvgIpc) is 3.41. The van der Waals surface area contributed by atoms with Gasteiger partial charge in [-0.3, -0.25) is 14.4 Å². The summed E-state index contributed by atoms with van der Waals surface area (Å²) in [7, 11) is 1.37. The molecule has 3 heterocycles. The summed E-state index contributed by atoms with van der Waals surface area (Å²) in [6.07, 6.45) is 1.97. The van der Waals surface area contributed by atoms with Gasteiger partial charge >= 0.3 is 0 Å². The molecule has 0 saturated carbocycles. The Morgan fingerprint density at radius 2 is 1.72 bits per heavy atom. The predicted octanol–water partition coefficient (Wildman–Crippen LogP) is 1.38. The smallest absolute Gasteiger partial charge is 0.254 e. The number of halogens is 1. The zero-order valence-electron chi connectivity index (χ0n) is 16.8. The fourth-order valence-corrected chi connectivity index (χ4v) is 4.98. The number of fused-ring (bicyclic) bond motifs is 1. The van der Waals surface area contributed by atoms with E-state index in [0.29, 0.717) is 19.6 Å². The maximum absolute atomic E-state index is 14.1. The quantitative estimate of drug-likeness (QED) is 0.765. The predicted molar refractivity (Wildman–Crippen MR) is 103 cm³/mol. The maximum atomic E-state index is 14.1. The molecular formula is C21H26FN3O4.